The Morgan fingerprint density at radius 1 is 1.14 bits per heavy atom. The highest BCUT2D eigenvalue weighted by Crippen LogP contribution is 2.25. The largest absolute Gasteiger partial charge is 0.467 e. The first-order valence-corrected chi connectivity index (χ1v) is 8.66. The minimum Gasteiger partial charge on any atom is -0.467 e. The number of benzene rings is 2. The fourth-order valence-electron chi connectivity index (χ4n) is 3.25. The van der Waals surface area contributed by atoms with Crippen LogP contribution in [0.3, 0.4) is 0 Å². The zero-order valence-electron chi connectivity index (χ0n) is 15.6. The standard InChI is InChI=1S/C21H19N3O4/c1-27-21(26)19-11-17(23-28-2)13-24(19)20(25)15-9-7-14(8-10-15)18-6-4-3-5-16(18)12-22/h3-10,19H,11,13H2,1-2H3/b23-17-/t19-/m0/s1. The van der Waals surface area contributed by atoms with E-state index < -0.39 is 12.0 Å². The molecule has 1 aliphatic heterocycles. The molecule has 2 aromatic rings. The molecule has 1 amide bonds. The zero-order valence-corrected chi connectivity index (χ0v) is 15.6. The van der Waals surface area contributed by atoms with E-state index >= 15 is 0 Å². The Hall–Kier alpha value is -3.66. The van der Waals surface area contributed by atoms with E-state index in [0.717, 1.165) is 11.1 Å². The van der Waals surface area contributed by atoms with E-state index in [0.29, 0.717) is 16.8 Å². The lowest BCUT2D eigenvalue weighted by molar-refractivity contribution is -0.145. The number of methoxy groups -OCH3 is 1. The van der Waals surface area contributed by atoms with Gasteiger partial charge >= 0.3 is 5.97 Å². The summed E-state index contributed by atoms with van der Waals surface area (Å²) in [5.41, 5.74) is 3.23. The van der Waals surface area contributed by atoms with E-state index in [1.54, 1.807) is 36.4 Å². The summed E-state index contributed by atoms with van der Waals surface area (Å²) in [6, 6.07) is 15.7. The van der Waals surface area contributed by atoms with Crippen molar-refractivity contribution in [2.24, 2.45) is 5.16 Å². The zero-order chi connectivity index (χ0) is 20.1. The molecule has 0 aliphatic carbocycles. The van der Waals surface area contributed by atoms with Gasteiger partial charge in [-0.3, -0.25) is 4.79 Å². The highest BCUT2D eigenvalue weighted by atomic mass is 16.6. The van der Waals surface area contributed by atoms with Crippen molar-refractivity contribution in [3.8, 4) is 17.2 Å². The molecule has 1 aliphatic rings. The van der Waals surface area contributed by atoms with Crippen molar-refractivity contribution in [1.29, 1.82) is 5.26 Å². The van der Waals surface area contributed by atoms with Crippen molar-refractivity contribution in [1.82, 2.24) is 4.90 Å². The normalized spacial score (nSPS) is 17.2. The minimum absolute atomic E-state index is 0.200. The quantitative estimate of drug-likeness (QED) is 0.603. The summed E-state index contributed by atoms with van der Waals surface area (Å²) in [5.74, 6) is -0.786. The van der Waals surface area contributed by atoms with Gasteiger partial charge in [0.15, 0.2) is 0 Å². The number of carbonyl (C=O) groups excluding carboxylic acids is 2. The third kappa shape index (κ3) is 3.71. The molecule has 7 nitrogen and oxygen atoms in total. The molecule has 1 heterocycles. The summed E-state index contributed by atoms with van der Waals surface area (Å²) in [6.45, 7) is 0.200. The van der Waals surface area contributed by atoms with E-state index in [-0.39, 0.29) is 18.9 Å². The molecular formula is C21H19N3O4. The van der Waals surface area contributed by atoms with Crippen LogP contribution >= 0.6 is 0 Å². The van der Waals surface area contributed by atoms with Gasteiger partial charge in [0, 0.05) is 12.0 Å². The number of hydrogen-bond acceptors (Lipinski definition) is 6. The lowest BCUT2D eigenvalue weighted by Crippen LogP contribution is -2.41. The van der Waals surface area contributed by atoms with Gasteiger partial charge in [0.1, 0.15) is 13.2 Å². The van der Waals surface area contributed by atoms with Crippen LogP contribution in [0, 0.1) is 11.3 Å². The summed E-state index contributed by atoms with van der Waals surface area (Å²) < 4.78 is 4.82. The van der Waals surface area contributed by atoms with E-state index in [4.69, 9.17) is 9.57 Å². The molecule has 0 aromatic heterocycles. The predicted molar refractivity (Wildman–Crippen MR) is 102 cm³/mol. The maximum Gasteiger partial charge on any atom is 0.329 e. The van der Waals surface area contributed by atoms with Crippen LogP contribution < -0.4 is 0 Å². The van der Waals surface area contributed by atoms with E-state index in [2.05, 4.69) is 11.2 Å². The Labute approximate surface area is 162 Å². The topological polar surface area (TPSA) is 92.0 Å². The molecule has 2 aromatic carbocycles. The van der Waals surface area contributed by atoms with Crippen molar-refractivity contribution in [3.63, 3.8) is 0 Å². The highest BCUT2D eigenvalue weighted by molar-refractivity contribution is 6.04. The van der Waals surface area contributed by atoms with Gasteiger partial charge < -0.3 is 14.5 Å². The second-order valence-corrected chi connectivity index (χ2v) is 6.25. The summed E-state index contributed by atoms with van der Waals surface area (Å²) >= 11 is 0. The fourth-order valence-corrected chi connectivity index (χ4v) is 3.25. The van der Waals surface area contributed by atoms with Crippen LogP contribution in [0.25, 0.3) is 11.1 Å². The second kappa shape index (κ2) is 8.35. The third-order valence-corrected chi connectivity index (χ3v) is 4.60. The average molecular weight is 377 g/mol. The Morgan fingerprint density at radius 2 is 1.86 bits per heavy atom. The lowest BCUT2D eigenvalue weighted by atomic mass is 9.99. The number of hydrogen-bond donors (Lipinski definition) is 0. The first-order valence-electron chi connectivity index (χ1n) is 8.66. The molecule has 0 N–H and O–H groups in total. The Morgan fingerprint density at radius 3 is 2.50 bits per heavy atom. The van der Waals surface area contributed by atoms with Gasteiger partial charge in [-0.05, 0) is 29.3 Å². The average Bonchev–Trinajstić information content (AvgIpc) is 3.17. The molecule has 28 heavy (non-hydrogen) atoms. The maximum atomic E-state index is 13.0. The van der Waals surface area contributed by atoms with Crippen LogP contribution in [0.2, 0.25) is 0 Å². The Kier molecular flexibility index (Phi) is 5.70. The Balaban J connectivity index is 1.87. The van der Waals surface area contributed by atoms with Crippen molar-refractivity contribution in [2.75, 3.05) is 20.8 Å². The number of nitriles is 1. The van der Waals surface area contributed by atoms with Gasteiger partial charge in [-0.1, -0.05) is 35.5 Å². The van der Waals surface area contributed by atoms with Crippen molar-refractivity contribution >= 4 is 17.6 Å². The number of carbonyl (C=O) groups is 2. The molecule has 0 bridgehead atoms. The molecule has 0 radical (unpaired) electrons. The maximum absolute atomic E-state index is 13.0. The molecule has 142 valence electrons. The SMILES string of the molecule is CO/N=C1/C[C@@H](C(=O)OC)N(C(=O)c2ccc(-c3ccccc3C#N)cc2)C1. The summed E-state index contributed by atoms with van der Waals surface area (Å²) in [6.07, 6.45) is 0.278. The van der Waals surface area contributed by atoms with Crippen molar-refractivity contribution < 1.29 is 19.2 Å². The molecule has 1 atom stereocenters. The molecular weight excluding hydrogens is 358 g/mol. The van der Waals surface area contributed by atoms with Crippen LogP contribution in [0.1, 0.15) is 22.3 Å². The molecule has 1 saturated heterocycles. The van der Waals surface area contributed by atoms with Crippen molar-refractivity contribution in [3.05, 3.63) is 59.7 Å². The minimum atomic E-state index is -0.731. The fraction of sp³-hybridized carbons (Fsp3) is 0.238. The van der Waals surface area contributed by atoms with Gasteiger partial charge in [-0.15, -0.1) is 0 Å². The van der Waals surface area contributed by atoms with Crippen LogP contribution in [-0.2, 0) is 14.4 Å². The van der Waals surface area contributed by atoms with Gasteiger partial charge in [-0.25, -0.2) is 4.79 Å². The van der Waals surface area contributed by atoms with Crippen LogP contribution in [0.5, 0.6) is 0 Å². The summed E-state index contributed by atoms with van der Waals surface area (Å²) in [5, 5.41) is 13.1. The predicted octanol–water partition coefficient (Wildman–Crippen LogP) is 2.62. The van der Waals surface area contributed by atoms with Gasteiger partial charge in [0.2, 0.25) is 0 Å². The van der Waals surface area contributed by atoms with Crippen LogP contribution in [0.15, 0.2) is 53.7 Å². The lowest BCUT2D eigenvalue weighted by Gasteiger charge is -2.22. The molecule has 7 heteroatoms. The van der Waals surface area contributed by atoms with Crippen LogP contribution in [-0.4, -0.2) is 49.3 Å². The summed E-state index contributed by atoms with van der Waals surface area (Å²) in [7, 11) is 2.71. The highest BCUT2D eigenvalue weighted by Gasteiger charge is 2.39. The van der Waals surface area contributed by atoms with Gasteiger partial charge in [0.05, 0.1) is 31.0 Å². The number of rotatable bonds is 4. The van der Waals surface area contributed by atoms with Gasteiger partial charge in [0.25, 0.3) is 5.91 Å². The van der Waals surface area contributed by atoms with E-state index in [9.17, 15) is 14.9 Å². The van der Waals surface area contributed by atoms with Gasteiger partial charge in [-0.2, -0.15) is 5.26 Å². The number of amides is 1. The number of ether oxygens (including phenoxy) is 1. The van der Waals surface area contributed by atoms with E-state index in [1.807, 2.05) is 12.1 Å². The monoisotopic (exact) mass is 377 g/mol. The smallest absolute Gasteiger partial charge is 0.329 e. The Bertz CT molecular complexity index is 960. The molecule has 3 rings (SSSR count). The first-order chi connectivity index (χ1) is 13.6. The number of oxime groups is 1. The molecule has 0 spiro atoms. The first kappa shape index (κ1) is 19.1. The van der Waals surface area contributed by atoms with Crippen molar-refractivity contribution in [2.45, 2.75) is 12.5 Å². The second-order valence-electron chi connectivity index (χ2n) is 6.25. The molecule has 0 saturated carbocycles. The number of likely N-dealkylation sites (tertiary alicyclic amines) is 1. The number of nitrogens with zero attached hydrogens (tertiary/aromatic N) is 3. The van der Waals surface area contributed by atoms with E-state index in [1.165, 1.54) is 19.1 Å². The number of esters is 1. The van der Waals surface area contributed by atoms with Crippen LogP contribution in [0.4, 0.5) is 0 Å². The summed E-state index contributed by atoms with van der Waals surface area (Å²) in [4.78, 5) is 31.3. The molecule has 1 fully saturated rings. The third-order valence-electron chi connectivity index (χ3n) is 4.60. The molecule has 0 unspecified atom stereocenters.